The Hall–Kier alpha value is -1.31. The molecular weight excluding hydrogens is 336 g/mol. The summed E-state index contributed by atoms with van der Waals surface area (Å²) in [5.41, 5.74) is 0.341. The second-order valence-corrected chi connectivity index (χ2v) is 4.32. The van der Waals surface area contributed by atoms with Crippen LogP contribution in [0.3, 0.4) is 0 Å². The van der Waals surface area contributed by atoms with Crippen molar-refractivity contribution in [2.45, 2.75) is 13.3 Å². The molecule has 88 valence electrons. The lowest BCUT2D eigenvalue weighted by molar-refractivity contribution is 0.413. The molecule has 0 saturated heterocycles. The van der Waals surface area contributed by atoms with Gasteiger partial charge in [-0.1, -0.05) is 6.92 Å². The fourth-order valence-electron chi connectivity index (χ4n) is 1.24. The summed E-state index contributed by atoms with van der Waals surface area (Å²) >= 11 is 2.08. The van der Waals surface area contributed by atoms with Gasteiger partial charge in [0.1, 0.15) is 15.8 Å². The summed E-state index contributed by atoms with van der Waals surface area (Å²) in [6, 6.07) is 3.48. The zero-order valence-corrected chi connectivity index (χ0v) is 11.2. The molecule has 2 heterocycles. The number of hydrogen-bond acceptors (Lipinski definition) is 4. The van der Waals surface area contributed by atoms with Crippen LogP contribution in [0, 0.1) is 9.52 Å². The summed E-state index contributed by atoms with van der Waals surface area (Å²) in [5, 5.41) is 0. The Kier molecular flexibility index (Phi) is 3.82. The van der Waals surface area contributed by atoms with E-state index in [2.05, 4.69) is 37.5 Å². The van der Waals surface area contributed by atoms with Gasteiger partial charge in [-0.3, -0.25) is 0 Å². The van der Waals surface area contributed by atoms with E-state index in [0.29, 0.717) is 17.9 Å². The highest BCUT2D eigenvalue weighted by molar-refractivity contribution is 14.1. The van der Waals surface area contributed by atoms with Crippen LogP contribution in [0.15, 0.2) is 24.7 Å². The summed E-state index contributed by atoms with van der Waals surface area (Å²) < 4.78 is 19.9. The van der Waals surface area contributed by atoms with Crippen molar-refractivity contribution in [2.75, 3.05) is 0 Å². The third-order valence-electron chi connectivity index (χ3n) is 2.08. The summed E-state index contributed by atoms with van der Waals surface area (Å²) in [6.07, 6.45) is 3.31. The van der Waals surface area contributed by atoms with Crippen LogP contribution in [0.5, 0.6) is 11.6 Å². The van der Waals surface area contributed by atoms with Gasteiger partial charge in [0.2, 0.25) is 5.82 Å². The molecular formula is C11H9FIN3O. The van der Waals surface area contributed by atoms with E-state index in [9.17, 15) is 4.39 Å². The Morgan fingerprint density at radius 3 is 2.76 bits per heavy atom. The number of nitrogens with zero attached hydrogens (tertiary/aromatic N) is 3. The fourth-order valence-corrected chi connectivity index (χ4v) is 1.56. The minimum atomic E-state index is -0.520. The SMILES string of the molecule is CCc1ncnc(Oc2ccc(I)nc2)c1F. The number of rotatable bonds is 3. The maximum atomic E-state index is 13.8. The summed E-state index contributed by atoms with van der Waals surface area (Å²) in [6.45, 7) is 1.82. The van der Waals surface area contributed by atoms with E-state index in [0.717, 1.165) is 3.70 Å². The van der Waals surface area contributed by atoms with Crippen molar-refractivity contribution >= 4 is 22.6 Å². The Morgan fingerprint density at radius 1 is 1.29 bits per heavy atom. The van der Waals surface area contributed by atoms with Gasteiger partial charge in [-0.2, -0.15) is 9.37 Å². The minimum Gasteiger partial charge on any atom is -0.435 e. The second kappa shape index (κ2) is 5.35. The predicted molar refractivity (Wildman–Crippen MR) is 68.4 cm³/mol. The highest BCUT2D eigenvalue weighted by Crippen LogP contribution is 2.22. The van der Waals surface area contributed by atoms with Crippen LogP contribution >= 0.6 is 22.6 Å². The molecule has 0 aliphatic carbocycles. The molecule has 6 heteroatoms. The summed E-state index contributed by atoms with van der Waals surface area (Å²) in [5.74, 6) is -0.140. The van der Waals surface area contributed by atoms with Gasteiger partial charge in [0, 0.05) is 0 Å². The third-order valence-corrected chi connectivity index (χ3v) is 2.72. The largest absolute Gasteiger partial charge is 0.435 e. The van der Waals surface area contributed by atoms with E-state index in [1.54, 1.807) is 12.1 Å². The standard InChI is InChI=1S/C11H9FIN3O/c1-2-8-10(12)11(16-6-15-8)17-7-3-4-9(13)14-5-7/h3-6H,2H2,1H3. The summed E-state index contributed by atoms with van der Waals surface area (Å²) in [7, 11) is 0. The first-order chi connectivity index (χ1) is 8.20. The molecule has 2 aromatic rings. The quantitative estimate of drug-likeness (QED) is 0.634. The first-order valence-electron chi connectivity index (χ1n) is 4.99. The molecule has 0 saturated carbocycles. The van der Waals surface area contributed by atoms with Crippen molar-refractivity contribution in [3.8, 4) is 11.6 Å². The number of hydrogen-bond donors (Lipinski definition) is 0. The van der Waals surface area contributed by atoms with Gasteiger partial charge in [-0.15, -0.1) is 0 Å². The van der Waals surface area contributed by atoms with Gasteiger partial charge >= 0.3 is 0 Å². The van der Waals surface area contributed by atoms with E-state index < -0.39 is 5.82 Å². The Balaban J connectivity index is 2.27. The molecule has 0 aromatic carbocycles. The van der Waals surface area contributed by atoms with E-state index in [4.69, 9.17) is 4.74 Å². The number of aromatic nitrogens is 3. The second-order valence-electron chi connectivity index (χ2n) is 3.21. The summed E-state index contributed by atoms with van der Waals surface area (Å²) in [4.78, 5) is 11.6. The molecule has 0 radical (unpaired) electrons. The van der Waals surface area contributed by atoms with Crippen LogP contribution < -0.4 is 4.74 Å². The smallest absolute Gasteiger partial charge is 0.259 e. The molecule has 0 amide bonds. The molecule has 0 fully saturated rings. The average Bonchev–Trinajstić information content (AvgIpc) is 2.35. The first kappa shape index (κ1) is 12.2. The van der Waals surface area contributed by atoms with Crippen LogP contribution in [0.25, 0.3) is 0 Å². The highest BCUT2D eigenvalue weighted by Gasteiger charge is 2.11. The first-order valence-corrected chi connectivity index (χ1v) is 6.07. The topological polar surface area (TPSA) is 47.9 Å². The molecule has 0 aliphatic heterocycles. The highest BCUT2D eigenvalue weighted by atomic mass is 127. The lowest BCUT2D eigenvalue weighted by Gasteiger charge is -2.06. The van der Waals surface area contributed by atoms with E-state index in [1.165, 1.54) is 12.5 Å². The predicted octanol–water partition coefficient (Wildman–Crippen LogP) is 2.97. The molecule has 2 rings (SSSR count). The number of ether oxygens (including phenoxy) is 1. The number of pyridine rings is 1. The van der Waals surface area contributed by atoms with Crippen LogP contribution in [0.1, 0.15) is 12.6 Å². The Labute approximate surface area is 111 Å². The molecule has 2 aromatic heterocycles. The van der Waals surface area contributed by atoms with Gasteiger partial charge in [0.05, 0.1) is 11.9 Å². The fraction of sp³-hybridized carbons (Fsp3) is 0.182. The van der Waals surface area contributed by atoms with Gasteiger partial charge in [0.25, 0.3) is 5.88 Å². The molecule has 0 spiro atoms. The van der Waals surface area contributed by atoms with Crippen molar-refractivity contribution in [3.63, 3.8) is 0 Å². The normalized spacial score (nSPS) is 10.3. The Morgan fingerprint density at radius 2 is 2.12 bits per heavy atom. The Bertz CT molecular complexity index is 519. The molecule has 0 bridgehead atoms. The van der Waals surface area contributed by atoms with Crippen molar-refractivity contribution < 1.29 is 9.13 Å². The van der Waals surface area contributed by atoms with Crippen molar-refractivity contribution in [3.05, 3.63) is 39.9 Å². The molecule has 0 atom stereocenters. The van der Waals surface area contributed by atoms with E-state index in [1.807, 2.05) is 6.92 Å². The van der Waals surface area contributed by atoms with Crippen LogP contribution in [0.4, 0.5) is 4.39 Å². The van der Waals surface area contributed by atoms with E-state index >= 15 is 0 Å². The lowest BCUT2D eigenvalue weighted by Crippen LogP contribution is -1.99. The molecule has 0 N–H and O–H groups in total. The zero-order chi connectivity index (χ0) is 12.3. The lowest BCUT2D eigenvalue weighted by atomic mass is 10.3. The zero-order valence-electron chi connectivity index (χ0n) is 9.02. The molecule has 0 aliphatic rings. The van der Waals surface area contributed by atoms with Crippen molar-refractivity contribution in [2.24, 2.45) is 0 Å². The van der Waals surface area contributed by atoms with Gasteiger partial charge in [0.15, 0.2) is 0 Å². The van der Waals surface area contributed by atoms with E-state index in [-0.39, 0.29) is 5.88 Å². The third kappa shape index (κ3) is 2.87. The number of aryl methyl sites for hydroxylation is 1. The van der Waals surface area contributed by atoms with Crippen molar-refractivity contribution in [1.29, 1.82) is 0 Å². The maximum Gasteiger partial charge on any atom is 0.259 e. The van der Waals surface area contributed by atoms with Crippen LogP contribution in [-0.2, 0) is 6.42 Å². The number of halogens is 2. The molecule has 17 heavy (non-hydrogen) atoms. The van der Waals surface area contributed by atoms with Gasteiger partial charge < -0.3 is 4.74 Å². The molecule has 0 unspecified atom stereocenters. The van der Waals surface area contributed by atoms with Crippen LogP contribution in [0.2, 0.25) is 0 Å². The monoisotopic (exact) mass is 345 g/mol. The maximum absolute atomic E-state index is 13.8. The van der Waals surface area contributed by atoms with Crippen LogP contribution in [-0.4, -0.2) is 15.0 Å². The van der Waals surface area contributed by atoms with Gasteiger partial charge in [-0.25, -0.2) is 9.97 Å². The average molecular weight is 345 g/mol. The molecule has 4 nitrogen and oxygen atoms in total. The van der Waals surface area contributed by atoms with Crippen molar-refractivity contribution in [1.82, 2.24) is 15.0 Å². The minimum absolute atomic E-state index is 0.0696. The van der Waals surface area contributed by atoms with Gasteiger partial charge in [-0.05, 0) is 41.1 Å².